The van der Waals surface area contributed by atoms with Gasteiger partial charge in [0.25, 0.3) is 5.69 Å². The lowest BCUT2D eigenvalue weighted by Gasteiger charge is -1.98. The zero-order chi connectivity index (χ0) is 17.6. The van der Waals surface area contributed by atoms with E-state index in [9.17, 15) is 10.1 Å². The Labute approximate surface area is 143 Å². The number of hydrogen-bond acceptors (Lipinski definition) is 6. The third-order valence-corrected chi connectivity index (χ3v) is 3.39. The molecule has 0 atom stereocenters. The fourth-order valence-corrected chi connectivity index (χ4v) is 2.11. The van der Waals surface area contributed by atoms with Crippen LogP contribution in [0.2, 0.25) is 0 Å². The van der Waals surface area contributed by atoms with Crippen LogP contribution in [-0.4, -0.2) is 11.1 Å². The Kier molecular flexibility index (Phi) is 4.53. The van der Waals surface area contributed by atoms with Gasteiger partial charge in [0.1, 0.15) is 11.5 Å². The van der Waals surface area contributed by atoms with Crippen molar-refractivity contribution in [2.75, 3.05) is 5.43 Å². The lowest BCUT2D eigenvalue weighted by molar-refractivity contribution is -0.384. The molecule has 0 aliphatic heterocycles. The van der Waals surface area contributed by atoms with E-state index in [1.165, 1.54) is 18.3 Å². The number of hydrogen-bond donors (Lipinski definition) is 1. The van der Waals surface area contributed by atoms with Crippen molar-refractivity contribution < 1.29 is 9.34 Å². The zero-order valence-electron chi connectivity index (χ0n) is 12.9. The Morgan fingerprint density at radius 1 is 1.08 bits per heavy atom. The topological polar surface area (TPSA) is 104 Å². The molecule has 0 bridgehead atoms. The zero-order valence-corrected chi connectivity index (χ0v) is 12.9. The van der Waals surface area contributed by atoms with E-state index in [0.717, 1.165) is 5.56 Å². The molecule has 0 amide bonds. The molecule has 1 aromatic heterocycles. The summed E-state index contributed by atoms with van der Waals surface area (Å²) in [5, 5.41) is 23.4. The molecule has 1 N–H and O–H groups in total. The Bertz CT molecular complexity index is 951. The lowest BCUT2D eigenvalue weighted by Crippen LogP contribution is -1.91. The second-order valence-electron chi connectivity index (χ2n) is 5.07. The van der Waals surface area contributed by atoms with Gasteiger partial charge < -0.3 is 4.42 Å². The summed E-state index contributed by atoms with van der Waals surface area (Å²) in [6.45, 7) is 0. The minimum absolute atomic E-state index is 0.0209. The van der Waals surface area contributed by atoms with E-state index >= 15 is 0 Å². The van der Waals surface area contributed by atoms with Gasteiger partial charge in [0, 0.05) is 17.7 Å². The van der Waals surface area contributed by atoms with Crippen LogP contribution in [0.1, 0.15) is 11.3 Å². The quantitative estimate of drug-likeness (QED) is 0.429. The Morgan fingerprint density at radius 3 is 2.44 bits per heavy atom. The van der Waals surface area contributed by atoms with E-state index in [1.807, 2.05) is 18.2 Å². The highest BCUT2D eigenvalue weighted by Crippen LogP contribution is 2.22. The molecule has 3 aromatic rings. The maximum absolute atomic E-state index is 10.6. The predicted octanol–water partition coefficient (Wildman–Crippen LogP) is 4.17. The molecule has 0 spiro atoms. The number of hydrazone groups is 1. The Hall–Kier alpha value is -3.92. The molecule has 0 radical (unpaired) electrons. The van der Waals surface area contributed by atoms with Gasteiger partial charge in [-0.25, -0.2) is 0 Å². The molecule has 25 heavy (non-hydrogen) atoms. The number of nitro groups is 1. The van der Waals surface area contributed by atoms with Gasteiger partial charge >= 0.3 is 0 Å². The van der Waals surface area contributed by atoms with Gasteiger partial charge in [-0.3, -0.25) is 15.5 Å². The Balaban J connectivity index is 1.65. The van der Waals surface area contributed by atoms with Gasteiger partial charge in [0.05, 0.1) is 28.5 Å². The summed E-state index contributed by atoms with van der Waals surface area (Å²) in [7, 11) is 0. The molecular weight excluding hydrogens is 320 g/mol. The molecule has 0 saturated heterocycles. The van der Waals surface area contributed by atoms with Crippen molar-refractivity contribution in [3.8, 4) is 17.4 Å². The monoisotopic (exact) mass is 332 g/mol. The smallest absolute Gasteiger partial charge is 0.269 e. The minimum Gasteiger partial charge on any atom is -0.455 e. The molecular formula is C18H12N4O3. The van der Waals surface area contributed by atoms with Crippen molar-refractivity contribution >= 4 is 17.6 Å². The summed E-state index contributed by atoms with van der Waals surface area (Å²) in [4.78, 5) is 10.1. The standard InChI is InChI=1S/C18H12N4O3/c19-11-13-1-3-14(4-2-13)18-10-9-17(25-18)12-20-21-15-5-7-16(8-6-15)22(23)24/h1-10,12,21H/b20-12-. The third kappa shape index (κ3) is 3.89. The first-order chi connectivity index (χ1) is 12.2. The van der Waals surface area contributed by atoms with Crippen LogP contribution < -0.4 is 5.43 Å². The molecule has 0 aliphatic rings. The number of benzene rings is 2. The van der Waals surface area contributed by atoms with Crippen molar-refractivity contribution in [3.05, 3.63) is 82.1 Å². The third-order valence-electron chi connectivity index (χ3n) is 3.39. The fourth-order valence-electron chi connectivity index (χ4n) is 2.11. The number of nitro benzene ring substituents is 1. The van der Waals surface area contributed by atoms with Gasteiger partial charge in [-0.2, -0.15) is 10.4 Å². The summed E-state index contributed by atoms with van der Waals surface area (Å²) in [6.07, 6.45) is 1.51. The highest BCUT2D eigenvalue weighted by Gasteiger charge is 2.04. The maximum atomic E-state index is 10.6. The van der Waals surface area contributed by atoms with E-state index in [0.29, 0.717) is 22.8 Å². The van der Waals surface area contributed by atoms with Crippen molar-refractivity contribution in [3.63, 3.8) is 0 Å². The van der Waals surface area contributed by atoms with Crippen LogP contribution in [0.4, 0.5) is 11.4 Å². The van der Waals surface area contributed by atoms with E-state index < -0.39 is 4.92 Å². The van der Waals surface area contributed by atoms with E-state index in [-0.39, 0.29) is 5.69 Å². The number of nitrogens with zero attached hydrogens (tertiary/aromatic N) is 3. The van der Waals surface area contributed by atoms with Crippen molar-refractivity contribution in [1.82, 2.24) is 0 Å². The second kappa shape index (κ2) is 7.10. The number of non-ortho nitro benzene ring substituents is 1. The van der Waals surface area contributed by atoms with E-state index in [1.54, 1.807) is 30.3 Å². The van der Waals surface area contributed by atoms with Crippen molar-refractivity contribution in [2.45, 2.75) is 0 Å². The molecule has 1 heterocycles. The van der Waals surface area contributed by atoms with Gasteiger partial charge in [-0.05, 0) is 48.5 Å². The highest BCUT2D eigenvalue weighted by molar-refractivity contribution is 5.78. The van der Waals surface area contributed by atoms with Crippen LogP contribution >= 0.6 is 0 Å². The van der Waals surface area contributed by atoms with Gasteiger partial charge in [0.15, 0.2) is 0 Å². The van der Waals surface area contributed by atoms with Gasteiger partial charge in [0.2, 0.25) is 0 Å². The molecule has 3 rings (SSSR count). The SMILES string of the molecule is N#Cc1ccc(-c2ccc(/C=N\Nc3ccc([N+](=O)[O-])cc3)o2)cc1. The van der Waals surface area contributed by atoms with Gasteiger partial charge in [-0.15, -0.1) is 0 Å². The number of rotatable bonds is 5. The number of furan rings is 1. The summed E-state index contributed by atoms with van der Waals surface area (Å²) in [6, 6.07) is 18.7. The molecule has 7 nitrogen and oxygen atoms in total. The molecule has 122 valence electrons. The van der Waals surface area contributed by atoms with E-state index in [2.05, 4.69) is 16.6 Å². The average molecular weight is 332 g/mol. The normalized spacial score (nSPS) is 10.5. The predicted molar refractivity (Wildman–Crippen MR) is 93.2 cm³/mol. The summed E-state index contributed by atoms with van der Waals surface area (Å²) in [5.74, 6) is 1.22. The first-order valence-corrected chi connectivity index (χ1v) is 7.29. The fraction of sp³-hybridized carbons (Fsp3) is 0. The summed E-state index contributed by atoms with van der Waals surface area (Å²) in [5.41, 5.74) is 4.87. The largest absolute Gasteiger partial charge is 0.455 e. The molecule has 0 fully saturated rings. The molecule has 0 saturated carbocycles. The van der Waals surface area contributed by atoms with Crippen LogP contribution in [0.5, 0.6) is 0 Å². The molecule has 0 aliphatic carbocycles. The number of nitrogens with one attached hydrogen (secondary N) is 1. The number of anilines is 1. The first kappa shape index (κ1) is 16.0. The summed E-state index contributed by atoms with van der Waals surface area (Å²) >= 11 is 0. The van der Waals surface area contributed by atoms with E-state index in [4.69, 9.17) is 9.68 Å². The van der Waals surface area contributed by atoms with Crippen LogP contribution in [-0.2, 0) is 0 Å². The first-order valence-electron chi connectivity index (χ1n) is 7.29. The lowest BCUT2D eigenvalue weighted by atomic mass is 10.1. The molecule has 0 unspecified atom stereocenters. The van der Waals surface area contributed by atoms with Crippen LogP contribution in [0.25, 0.3) is 11.3 Å². The van der Waals surface area contributed by atoms with Crippen molar-refractivity contribution in [1.29, 1.82) is 5.26 Å². The van der Waals surface area contributed by atoms with Gasteiger partial charge in [-0.1, -0.05) is 0 Å². The maximum Gasteiger partial charge on any atom is 0.269 e. The van der Waals surface area contributed by atoms with Crippen LogP contribution in [0.3, 0.4) is 0 Å². The average Bonchev–Trinajstić information content (AvgIpc) is 3.11. The Morgan fingerprint density at radius 2 is 1.80 bits per heavy atom. The minimum atomic E-state index is -0.458. The van der Waals surface area contributed by atoms with Crippen LogP contribution in [0.15, 0.2) is 70.2 Å². The van der Waals surface area contributed by atoms with Crippen molar-refractivity contribution in [2.24, 2.45) is 5.10 Å². The molecule has 2 aromatic carbocycles. The molecule has 7 heteroatoms. The van der Waals surface area contributed by atoms with Crippen LogP contribution in [0, 0.1) is 21.4 Å². The second-order valence-corrected chi connectivity index (χ2v) is 5.07. The summed E-state index contributed by atoms with van der Waals surface area (Å²) < 4.78 is 5.67. The highest BCUT2D eigenvalue weighted by atomic mass is 16.6. The number of nitriles is 1.